The molecule has 1 saturated carbocycles. The van der Waals surface area contributed by atoms with Crippen molar-refractivity contribution in [2.45, 2.75) is 75.4 Å². The lowest BCUT2D eigenvalue weighted by Gasteiger charge is -2.31. The number of amides is 2. The molecule has 0 bridgehead atoms. The average molecular weight is 552 g/mol. The molecule has 1 aliphatic carbocycles. The summed E-state index contributed by atoms with van der Waals surface area (Å²) in [5.74, 6) is -0.831. The van der Waals surface area contributed by atoms with Crippen LogP contribution in [0.15, 0.2) is 65.6 Å². The zero-order valence-corrected chi connectivity index (χ0v) is 22.9. The Kier molecular flexibility index (Phi) is 7.88. The van der Waals surface area contributed by atoms with E-state index in [9.17, 15) is 22.4 Å². The van der Waals surface area contributed by atoms with Gasteiger partial charge in [0.1, 0.15) is 11.9 Å². The molecule has 5 rings (SSSR count). The fourth-order valence-electron chi connectivity index (χ4n) is 5.65. The molecule has 0 unspecified atom stereocenters. The summed E-state index contributed by atoms with van der Waals surface area (Å²) in [6.45, 7) is 2.02. The summed E-state index contributed by atoms with van der Waals surface area (Å²) in [6.07, 6.45) is 5.56. The molecule has 2 aliphatic rings. The molecule has 0 saturated heterocycles. The Balaban J connectivity index is 1.29. The van der Waals surface area contributed by atoms with E-state index in [2.05, 4.69) is 5.32 Å². The molecular weight excluding hydrogens is 517 g/mol. The highest BCUT2D eigenvalue weighted by atomic mass is 32.2. The molecule has 1 aliphatic heterocycles. The smallest absolute Gasteiger partial charge is 0.265 e. The number of rotatable bonds is 9. The number of sulfonamides is 1. The van der Waals surface area contributed by atoms with Gasteiger partial charge in [-0.3, -0.25) is 13.9 Å². The number of anilines is 1. The summed E-state index contributed by atoms with van der Waals surface area (Å²) < 4.78 is 41.4. The summed E-state index contributed by atoms with van der Waals surface area (Å²) in [4.78, 5) is 28.4. The van der Waals surface area contributed by atoms with Gasteiger partial charge in [0.15, 0.2) is 0 Å². The monoisotopic (exact) mass is 551 g/mol. The van der Waals surface area contributed by atoms with Crippen LogP contribution < -0.4 is 9.62 Å². The van der Waals surface area contributed by atoms with Crippen LogP contribution in [0.3, 0.4) is 0 Å². The molecular formula is C30H34FN3O4S. The van der Waals surface area contributed by atoms with Gasteiger partial charge in [-0.15, -0.1) is 0 Å². The first-order valence-electron chi connectivity index (χ1n) is 13.6. The zero-order chi connectivity index (χ0) is 27.6. The van der Waals surface area contributed by atoms with Crippen LogP contribution in [-0.4, -0.2) is 43.8 Å². The van der Waals surface area contributed by atoms with Gasteiger partial charge >= 0.3 is 0 Å². The summed E-state index contributed by atoms with van der Waals surface area (Å²) in [5, 5.41) is 4.66. The third kappa shape index (κ3) is 5.64. The molecule has 3 aromatic carbocycles. The first-order chi connectivity index (χ1) is 18.8. The van der Waals surface area contributed by atoms with E-state index in [4.69, 9.17) is 0 Å². The summed E-state index contributed by atoms with van der Waals surface area (Å²) in [7, 11) is -3.71. The molecule has 1 fully saturated rings. The predicted octanol–water partition coefficient (Wildman–Crippen LogP) is 5.13. The lowest BCUT2D eigenvalue weighted by Crippen LogP contribution is -2.50. The van der Waals surface area contributed by atoms with Crippen molar-refractivity contribution in [1.29, 1.82) is 0 Å². The van der Waals surface area contributed by atoms with E-state index in [1.165, 1.54) is 27.8 Å². The predicted molar refractivity (Wildman–Crippen MR) is 149 cm³/mol. The minimum Gasteiger partial charge on any atom is -0.352 e. The number of hydrogen-bond donors (Lipinski definition) is 1. The normalized spacial score (nSPS) is 17.2. The van der Waals surface area contributed by atoms with Gasteiger partial charge in [0.05, 0.1) is 10.6 Å². The van der Waals surface area contributed by atoms with Crippen molar-refractivity contribution in [3.05, 3.63) is 72.0 Å². The summed E-state index contributed by atoms with van der Waals surface area (Å²) >= 11 is 0. The fraction of sp³-hybridized carbons (Fsp3) is 0.400. The molecule has 1 heterocycles. The highest BCUT2D eigenvalue weighted by Gasteiger charge is 2.35. The maximum absolute atomic E-state index is 13.5. The number of hydrogen-bond acceptors (Lipinski definition) is 4. The second-order valence-corrected chi connectivity index (χ2v) is 12.3. The topological polar surface area (TPSA) is 86.8 Å². The van der Waals surface area contributed by atoms with Crippen LogP contribution in [0, 0.1) is 5.82 Å². The van der Waals surface area contributed by atoms with Crippen LogP contribution in [0.25, 0.3) is 10.8 Å². The van der Waals surface area contributed by atoms with Gasteiger partial charge in [0, 0.05) is 30.9 Å². The highest BCUT2D eigenvalue weighted by Crippen LogP contribution is 2.42. The van der Waals surface area contributed by atoms with Crippen LogP contribution in [0.1, 0.15) is 57.4 Å². The van der Waals surface area contributed by atoms with Crippen molar-refractivity contribution in [3.63, 3.8) is 0 Å². The van der Waals surface area contributed by atoms with Gasteiger partial charge in [0.2, 0.25) is 11.8 Å². The number of nitrogens with one attached hydrogen (secondary N) is 1. The molecule has 2 amide bonds. The van der Waals surface area contributed by atoms with E-state index in [1.807, 2.05) is 18.2 Å². The third-order valence-electron chi connectivity index (χ3n) is 7.82. The second kappa shape index (κ2) is 11.3. The maximum atomic E-state index is 13.5. The Morgan fingerprint density at radius 1 is 1.03 bits per heavy atom. The minimum absolute atomic E-state index is 0.0700. The molecule has 206 valence electrons. The largest absolute Gasteiger partial charge is 0.352 e. The Bertz CT molecular complexity index is 1460. The van der Waals surface area contributed by atoms with Gasteiger partial charge in [-0.1, -0.05) is 55.7 Å². The van der Waals surface area contributed by atoms with Gasteiger partial charge < -0.3 is 10.2 Å². The maximum Gasteiger partial charge on any atom is 0.265 e. The standard InChI is InChI=1S/C30H34FN3O4S/c1-21(30(36)32-25-10-3-2-4-11-25)33(20-22-15-17-24(31)18-16-22)28(35)14-7-19-34-26-12-5-8-23-9-6-13-27(29(23)26)39(34,37)38/h5-6,8-9,12-13,15-18,21,25H,2-4,7,10-11,14,19-20H2,1H3,(H,32,36)/t21-/m0/s1. The van der Waals surface area contributed by atoms with E-state index in [0.717, 1.165) is 31.1 Å². The Labute approximate surface area is 229 Å². The number of halogens is 1. The number of carbonyl (C=O) groups excluding carboxylic acids is 2. The molecule has 7 nitrogen and oxygen atoms in total. The van der Waals surface area contributed by atoms with Crippen LogP contribution in [-0.2, 0) is 26.2 Å². The van der Waals surface area contributed by atoms with Crippen LogP contribution in [0.2, 0.25) is 0 Å². The molecule has 9 heteroatoms. The van der Waals surface area contributed by atoms with Crippen LogP contribution >= 0.6 is 0 Å². The summed E-state index contributed by atoms with van der Waals surface area (Å²) in [5.41, 5.74) is 1.34. The lowest BCUT2D eigenvalue weighted by molar-refractivity contribution is -0.141. The van der Waals surface area contributed by atoms with E-state index in [0.29, 0.717) is 23.1 Å². The van der Waals surface area contributed by atoms with E-state index in [-0.39, 0.29) is 48.1 Å². The molecule has 39 heavy (non-hydrogen) atoms. The Hall–Kier alpha value is -3.46. The Morgan fingerprint density at radius 2 is 1.72 bits per heavy atom. The minimum atomic E-state index is -3.71. The SMILES string of the molecule is C[C@@H](C(=O)NC1CCCCC1)N(Cc1ccc(F)cc1)C(=O)CCCN1c2cccc3cccc(c23)S1(=O)=O. The van der Waals surface area contributed by atoms with Gasteiger partial charge in [0.25, 0.3) is 10.0 Å². The molecule has 1 N–H and O–H groups in total. The number of nitrogens with zero attached hydrogens (tertiary/aromatic N) is 2. The first-order valence-corrected chi connectivity index (χ1v) is 15.1. The van der Waals surface area contributed by atoms with Crippen molar-refractivity contribution < 1.29 is 22.4 Å². The number of benzene rings is 3. The van der Waals surface area contributed by atoms with E-state index >= 15 is 0 Å². The van der Waals surface area contributed by atoms with Crippen molar-refractivity contribution in [1.82, 2.24) is 10.2 Å². The molecule has 1 atom stereocenters. The van der Waals surface area contributed by atoms with Crippen molar-refractivity contribution in [2.24, 2.45) is 0 Å². The van der Waals surface area contributed by atoms with Crippen molar-refractivity contribution >= 4 is 38.3 Å². The van der Waals surface area contributed by atoms with Crippen molar-refractivity contribution in [2.75, 3.05) is 10.8 Å². The van der Waals surface area contributed by atoms with E-state index in [1.54, 1.807) is 37.3 Å². The second-order valence-electron chi connectivity index (χ2n) is 10.5. The van der Waals surface area contributed by atoms with Crippen LogP contribution in [0.5, 0.6) is 0 Å². The molecule has 3 aromatic rings. The number of carbonyl (C=O) groups is 2. The molecule has 0 radical (unpaired) electrons. The quantitative estimate of drug-likeness (QED) is 0.399. The van der Waals surface area contributed by atoms with Gasteiger partial charge in [-0.05, 0) is 61.4 Å². The first kappa shape index (κ1) is 27.1. The third-order valence-corrected chi connectivity index (χ3v) is 9.67. The van der Waals surface area contributed by atoms with E-state index < -0.39 is 16.1 Å². The van der Waals surface area contributed by atoms with Gasteiger partial charge in [-0.2, -0.15) is 0 Å². The Morgan fingerprint density at radius 3 is 2.44 bits per heavy atom. The van der Waals surface area contributed by atoms with Crippen LogP contribution in [0.4, 0.5) is 10.1 Å². The lowest BCUT2D eigenvalue weighted by atomic mass is 9.95. The highest BCUT2D eigenvalue weighted by molar-refractivity contribution is 7.93. The van der Waals surface area contributed by atoms with Gasteiger partial charge in [-0.25, -0.2) is 12.8 Å². The molecule has 0 aromatic heterocycles. The van der Waals surface area contributed by atoms with Crippen molar-refractivity contribution in [3.8, 4) is 0 Å². The molecule has 0 spiro atoms. The average Bonchev–Trinajstić information content (AvgIpc) is 3.16. The fourth-order valence-corrected chi connectivity index (χ4v) is 7.40. The zero-order valence-electron chi connectivity index (χ0n) is 22.1. The summed E-state index contributed by atoms with van der Waals surface area (Å²) in [6, 6.07) is 16.0.